The summed E-state index contributed by atoms with van der Waals surface area (Å²) in [5, 5.41) is 7.42. The molecule has 0 aliphatic heterocycles. The monoisotopic (exact) mass is 303 g/mol. The van der Waals surface area contributed by atoms with Crippen molar-refractivity contribution in [2.45, 2.75) is 0 Å². The predicted molar refractivity (Wildman–Crippen MR) is 79.8 cm³/mol. The molecule has 3 rings (SSSR count). The number of aromatic nitrogens is 3. The van der Waals surface area contributed by atoms with Gasteiger partial charge in [0, 0.05) is 28.7 Å². The summed E-state index contributed by atoms with van der Waals surface area (Å²) in [5.41, 5.74) is 7.54. The van der Waals surface area contributed by atoms with E-state index in [1.54, 1.807) is 24.5 Å². The molecule has 0 bridgehead atoms. The van der Waals surface area contributed by atoms with E-state index in [9.17, 15) is 4.79 Å². The van der Waals surface area contributed by atoms with Crippen LogP contribution >= 0.6 is 22.7 Å². The highest BCUT2D eigenvalue weighted by Gasteiger charge is 2.11. The molecule has 0 saturated carbocycles. The summed E-state index contributed by atoms with van der Waals surface area (Å²) in [5.74, 6) is -0.217. The molecule has 1 amide bonds. The van der Waals surface area contributed by atoms with Crippen LogP contribution in [0.4, 0.5) is 10.3 Å². The number of carbonyl (C=O) groups excluding carboxylic acids is 1. The van der Waals surface area contributed by atoms with Crippen molar-refractivity contribution >= 4 is 38.8 Å². The normalized spacial score (nSPS) is 10.4. The molecule has 0 fully saturated rings. The minimum atomic E-state index is -0.217. The van der Waals surface area contributed by atoms with Gasteiger partial charge in [0.25, 0.3) is 5.91 Å². The lowest BCUT2D eigenvalue weighted by Gasteiger charge is -2.00. The molecule has 0 radical (unpaired) electrons. The number of thiazole rings is 2. The van der Waals surface area contributed by atoms with Crippen LogP contribution in [0.5, 0.6) is 0 Å². The summed E-state index contributed by atoms with van der Waals surface area (Å²) < 4.78 is 0. The second kappa shape index (κ2) is 5.35. The second-order valence-electron chi connectivity index (χ2n) is 3.80. The smallest absolute Gasteiger partial charge is 0.257 e. The molecule has 0 atom stereocenters. The Kier molecular flexibility index (Phi) is 3.40. The van der Waals surface area contributed by atoms with Crippen molar-refractivity contribution in [3.63, 3.8) is 0 Å². The van der Waals surface area contributed by atoms with Crippen LogP contribution in [-0.4, -0.2) is 20.9 Å². The van der Waals surface area contributed by atoms with Gasteiger partial charge in [0.1, 0.15) is 11.4 Å². The predicted octanol–water partition coefficient (Wildman–Crippen LogP) is 2.50. The van der Waals surface area contributed by atoms with E-state index in [1.807, 2.05) is 10.8 Å². The van der Waals surface area contributed by atoms with Gasteiger partial charge in [0.05, 0.1) is 0 Å². The van der Waals surface area contributed by atoms with Gasteiger partial charge in [0.15, 0.2) is 10.3 Å². The maximum absolute atomic E-state index is 12.0. The molecule has 0 aliphatic rings. The van der Waals surface area contributed by atoms with Crippen LogP contribution < -0.4 is 11.1 Å². The van der Waals surface area contributed by atoms with Crippen molar-refractivity contribution in [2.75, 3.05) is 11.1 Å². The Morgan fingerprint density at radius 2 is 1.80 bits per heavy atom. The minimum absolute atomic E-state index is 0.217. The molecule has 6 nitrogen and oxygen atoms in total. The Labute approximate surface area is 122 Å². The fourth-order valence-corrected chi connectivity index (χ4v) is 2.78. The highest BCUT2D eigenvalue weighted by Crippen LogP contribution is 2.27. The van der Waals surface area contributed by atoms with Gasteiger partial charge in [-0.15, -0.1) is 22.7 Å². The number of nitrogens with one attached hydrogen (secondary N) is 1. The Morgan fingerprint density at radius 1 is 1.10 bits per heavy atom. The zero-order valence-electron chi connectivity index (χ0n) is 10.1. The van der Waals surface area contributed by atoms with Gasteiger partial charge in [-0.3, -0.25) is 15.1 Å². The molecular weight excluding hydrogens is 294 g/mol. The van der Waals surface area contributed by atoms with Crippen molar-refractivity contribution < 1.29 is 4.79 Å². The number of nitrogen functional groups attached to an aromatic ring is 1. The molecule has 8 heteroatoms. The summed E-state index contributed by atoms with van der Waals surface area (Å²) >= 11 is 2.70. The first-order valence-corrected chi connectivity index (χ1v) is 7.36. The lowest BCUT2D eigenvalue weighted by atomic mass is 10.2. The largest absolute Gasteiger partial charge is 0.375 e. The average molecular weight is 303 g/mol. The molecule has 0 saturated heterocycles. The zero-order chi connectivity index (χ0) is 13.9. The molecular formula is C12H9N5OS2. The Bertz CT molecular complexity index is 737. The Balaban J connectivity index is 1.76. The number of pyridine rings is 1. The topological polar surface area (TPSA) is 93.8 Å². The number of hydrogen-bond acceptors (Lipinski definition) is 7. The maximum atomic E-state index is 12.0. The first-order chi connectivity index (χ1) is 9.72. The van der Waals surface area contributed by atoms with Gasteiger partial charge < -0.3 is 5.73 Å². The summed E-state index contributed by atoms with van der Waals surface area (Å²) in [6, 6.07) is 3.29. The number of anilines is 2. The molecule has 0 aliphatic carbocycles. The van der Waals surface area contributed by atoms with Crippen LogP contribution in [0.25, 0.3) is 11.4 Å². The van der Waals surface area contributed by atoms with Crippen molar-refractivity contribution in [3.05, 3.63) is 40.8 Å². The van der Waals surface area contributed by atoms with Crippen LogP contribution in [0, 0.1) is 0 Å². The van der Waals surface area contributed by atoms with E-state index in [-0.39, 0.29) is 5.91 Å². The number of carbonyl (C=O) groups is 1. The van der Waals surface area contributed by atoms with Crippen molar-refractivity contribution in [1.82, 2.24) is 15.0 Å². The third-order valence-electron chi connectivity index (χ3n) is 2.45. The molecule has 100 valence electrons. The third-order valence-corrected chi connectivity index (χ3v) is 3.88. The maximum Gasteiger partial charge on any atom is 0.257 e. The Hall–Kier alpha value is -2.32. The lowest BCUT2D eigenvalue weighted by Crippen LogP contribution is -2.11. The van der Waals surface area contributed by atoms with Gasteiger partial charge in [0.2, 0.25) is 0 Å². The second-order valence-corrected chi connectivity index (χ2v) is 5.55. The van der Waals surface area contributed by atoms with Crippen molar-refractivity contribution in [1.29, 1.82) is 0 Å². The first kappa shape index (κ1) is 12.7. The quantitative estimate of drug-likeness (QED) is 0.775. The third kappa shape index (κ3) is 2.65. The van der Waals surface area contributed by atoms with Gasteiger partial charge >= 0.3 is 0 Å². The minimum Gasteiger partial charge on any atom is -0.375 e. The number of nitrogens with zero attached hydrogens (tertiary/aromatic N) is 3. The van der Waals surface area contributed by atoms with Crippen molar-refractivity contribution in [3.8, 4) is 11.4 Å². The van der Waals surface area contributed by atoms with E-state index >= 15 is 0 Å². The molecule has 3 aromatic rings. The zero-order valence-corrected chi connectivity index (χ0v) is 11.7. The van der Waals surface area contributed by atoms with Gasteiger partial charge in [-0.1, -0.05) is 0 Å². The first-order valence-electron chi connectivity index (χ1n) is 5.60. The van der Waals surface area contributed by atoms with Crippen LogP contribution in [0.2, 0.25) is 0 Å². The molecule has 0 unspecified atom stereocenters. The molecule has 0 aromatic carbocycles. The molecule has 20 heavy (non-hydrogen) atoms. The lowest BCUT2D eigenvalue weighted by molar-refractivity contribution is 0.102. The summed E-state index contributed by atoms with van der Waals surface area (Å²) in [4.78, 5) is 24.3. The molecule has 0 spiro atoms. The highest BCUT2D eigenvalue weighted by atomic mass is 32.1. The van der Waals surface area contributed by atoms with E-state index in [0.717, 1.165) is 0 Å². The van der Waals surface area contributed by atoms with Crippen LogP contribution in [0.3, 0.4) is 0 Å². The van der Waals surface area contributed by atoms with E-state index in [0.29, 0.717) is 27.2 Å². The van der Waals surface area contributed by atoms with Gasteiger partial charge in [-0.2, -0.15) is 0 Å². The van der Waals surface area contributed by atoms with Gasteiger partial charge in [-0.25, -0.2) is 9.97 Å². The molecule has 3 N–H and O–H groups in total. The summed E-state index contributed by atoms with van der Waals surface area (Å²) in [7, 11) is 0. The summed E-state index contributed by atoms with van der Waals surface area (Å²) in [6.07, 6.45) is 3.14. The van der Waals surface area contributed by atoms with E-state index in [1.165, 1.54) is 22.7 Å². The number of nitrogens with two attached hydrogens (primary N) is 1. The Morgan fingerprint density at radius 3 is 2.50 bits per heavy atom. The fraction of sp³-hybridized carbons (Fsp3) is 0. The van der Waals surface area contributed by atoms with E-state index in [2.05, 4.69) is 20.3 Å². The molecule has 3 heterocycles. The highest BCUT2D eigenvalue weighted by molar-refractivity contribution is 7.14. The number of amides is 1. The standard InChI is InChI=1S/C12H9N5OS2/c13-11-15-8(5-19-11)9-6-20-12(16-9)17-10(18)7-1-3-14-4-2-7/h1-6H,(H2,13,15)(H,16,17,18). The number of rotatable bonds is 3. The molecule has 3 aromatic heterocycles. The van der Waals surface area contributed by atoms with Crippen LogP contribution in [-0.2, 0) is 0 Å². The van der Waals surface area contributed by atoms with Crippen LogP contribution in [0.1, 0.15) is 10.4 Å². The van der Waals surface area contributed by atoms with E-state index in [4.69, 9.17) is 5.73 Å². The number of hydrogen-bond donors (Lipinski definition) is 2. The SMILES string of the molecule is Nc1nc(-c2csc(NC(=O)c3ccncc3)n2)cs1. The summed E-state index contributed by atoms with van der Waals surface area (Å²) in [6.45, 7) is 0. The fourth-order valence-electron chi connectivity index (χ4n) is 1.53. The average Bonchev–Trinajstić information content (AvgIpc) is 3.09. The van der Waals surface area contributed by atoms with Gasteiger partial charge in [-0.05, 0) is 12.1 Å². The van der Waals surface area contributed by atoms with Crippen molar-refractivity contribution in [2.24, 2.45) is 0 Å². The van der Waals surface area contributed by atoms with Crippen LogP contribution in [0.15, 0.2) is 35.3 Å². The van der Waals surface area contributed by atoms with E-state index < -0.39 is 0 Å².